The SMILES string of the molecule is Cc1ccc(Br)cc1Oc1ccc([C@@H](C)N)nc1. The molecular formula is C14H15BrN2O. The number of nitrogens with zero attached hydrogens (tertiary/aromatic N) is 1. The van der Waals surface area contributed by atoms with Crippen molar-refractivity contribution in [2.45, 2.75) is 19.9 Å². The van der Waals surface area contributed by atoms with Crippen LogP contribution in [-0.2, 0) is 0 Å². The maximum atomic E-state index is 5.79. The Balaban J connectivity index is 2.21. The van der Waals surface area contributed by atoms with Gasteiger partial charge in [0.05, 0.1) is 11.9 Å². The molecular weight excluding hydrogens is 292 g/mol. The first kappa shape index (κ1) is 13.1. The van der Waals surface area contributed by atoms with Gasteiger partial charge < -0.3 is 10.5 Å². The molecule has 2 aromatic rings. The number of aryl methyl sites for hydroxylation is 1. The van der Waals surface area contributed by atoms with Gasteiger partial charge in [-0.25, -0.2) is 0 Å². The quantitative estimate of drug-likeness (QED) is 0.933. The second-order valence-corrected chi connectivity index (χ2v) is 5.13. The summed E-state index contributed by atoms with van der Waals surface area (Å²) in [6.07, 6.45) is 1.69. The van der Waals surface area contributed by atoms with Crippen molar-refractivity contribution in [2.75, 3.05) is 0 Å². The molecule has 0 radical (unpaired) electrons. The van der Waals surface area contributed by atoms with E-state index < -0.39 is 0 Å². The number of aromatic nitrogens is 1. The van der Waals surface area contributed by atoms with E-state index in [0.717, 1.165) is 21.5 Å². The zero-order chi connectivity index (χ0) is 13.1. The minimum atomic E-state index is -0.0633. The van der Waals surface area contributed by atoms with E-state index in [1.165, 1.54) is 0 Å². The van der Waals surface area contributed by atoms with E-state index in [1.54, 1.807) is 6.20 Å². The molecule has 94 valence electrons. The fourth-order valence-electron chi connectivity index (χ4n) is 1.53. The smallest absolute Gasteiger partial charge is 0.145 e. The number of ether oxygens (including phenoxy) is 1. The molecule has 3 nitrogen and oxygen atoms in total. The fourth-order valence-corrected chi connectivity index (χ4v) is 1.87. The van der Waals surface area contributed by atoms with Gasteiger partial charge >= 0.3 is 0 Å². The van der Waals surface area contributed by atoms with Gasteiger partial charge in [0.25, 0.3) is 0 Å². The lowest BCUT2D eigenvalue weighted by molar-refractivity contribution is 0.475. The molecule has 0 saturated heterocycles. The summed E-state index contributed by atoms with van der Waals surface area (Å²) in [5.74, 6) is 1.53. The van der Waals surface area contributed by atoms with E-state index in [1.807, 2.05) is 44.2 Å². The van der Waals surface area contributed by atoms with Gasteiger partial charge in [0, 0.05) is 10.5 Å². The third kappa shape index (κ3) is 3.09. The first-order chi connectivity index (χ1) is 8.56. The number of benzene rings is 1. The average Bonchev–Trinajstić information content (AvgIpc) is 2.34. The van der Waals surface area contributed by atoms with Crippen molar-refractivity contribution in [2.24, 2.45) is 5.73 Å². The van der Waals surface area contributed by atoms with E-state index in [9.17, 15) is 0 Å². The van der Waals surface area contributed by atoms with Crippen LogP contribution in [0.2, 0.25) is 0 Å². The van der Waals surface area contributed by atoms with Crippen molar-refractivity contribution in [1.82, 2.24) is 4.98 Å². The number of rotatable bonds is 3. The Morgan fingerprint density at radius 2 is 2.06 bits per heavy atom. The molecule has 0 bridgehead atoms. The Bertz CT molecular complexity index is 538. The monoisotopic (exact) mass is 306 g/mol. The van der Waals surface area contributed by atoms with Crippen LogP contribution in [0.1, 0.15) is 24.2 Å². The first-order valence-corrected chi connectivity index (χ1v) is 6.51. The van der Waals surface area contributed by atoms with Crippen molar-refractivity contribution in [1.29, 1.82) is 0 Å². The number of pyridine rings is 1. The van der Waals surface area contributed by atoms with Gasteiger partial charge in [-0.05, 0) is 43.7 Å². The first-order valence-electron chi connectivity index (χ1n) is 5.72. The highest BCUT2D eigenvalue weighted by Gasteiger charge is 2.04. The van der Waals surface area contributed by atoms with Gasteiger partial charge in [-0.1, -0.05) is 22.0 Å². The van der Waals surface area contributed by atoms with Crippen LogP contribution in [0, 0.1) is 6.92 Å². The summed E-state index contributed by atoms with van der Waals surface area (Å²) >= 11 is 3.43. The molecule has 0 aliphatic heterocycles. The Hall–Kier alpha value is -1.39. The molecule has 1 heterocycles. The lowest BCUT2D eigenvalue weighted by atomic mass is 10.2. The predicted octanol–water partition coefficient (Wildman–Crippen LogP) is 3.96. The van der Waals surface area contributed by atoms with Crippen LogP contribution >= 0.6 is 15.9 Å². The van der Waals surface area contributed by atoms with E-state index in [4.69, 9.17) is 10.5 Å². The standard InChI is InChI=1S/C14H15BrN2O/c1-9-3-4-11(15)7-14(9)18-12-5-6-13(10(2)16)17-8-12/h3-8,10H,16H2,1-2H3/t10-/m1/s1. The van der Waals surface area contributed by atoms with Crippen LogP contribution in [0.5, 0.6) is 11.5 Å². The summed E-state index contributed by atoms with van der Waals surface area (Å²) in [5.41, 5.74) is 7.68. The largest absolute Gasteiger partial charge is 0.455 e. The van der Waals surface area contributed by atoms with Gasteiger partial charge in [0.15, 0.2) is 0 Å². The minimum absolute atomic E-state index is 0.0633. The van der Waals surface area contributed by atoms with E-state index in [2.05, 4.69) is 20.9 Å². The van der Waals surface area contributed by atoms with E-state index >= 15 is 0 Å². The summed E-state index contributed by atoms with van der Waals surface area (Å²) in [6, 6.07) is 9.63. The van der Waals surface area contributed by atoms with Gasteiger partial charge in [-0.2, -0.15) is 0 Å². The maximum absolute atomic E-state index is 5.79. The zero-order valence-electron chi connectivity index (χ0n) is 10.4. The molecule has 0 aliphatic carbocycles. The minimum Gasteiger partial charge on any atom is -0.455 e. The summed E-state index contributed by atoms with van der Waals surface area (Å²) in [7, 11) is 0. The van der Waals surface area contributed by atoms with Crippen molar-refractivity contribution in [3.8, 4) is 11.5 Å². The third-order valence-corrected chi connectivity index (χ3v) is 3.10. The second kappa shape index (κ2) is 5.50. The van der Waals surface area contributed by atoms with Crippen LogP contribution in [-0.4, -0.2) is 4.98 Å². The fraction of sp³-hybridized carbons (Fsp3) is 0.214. The Labute approximate surface area is 115 Å². The Morgan fingerprint density at radius 1 is 1.28 bits per heavy atom. The summed E-state index contributed by atoms with van der Waals surface area (Å²) < 4.78 is 6.78. The van der Waals surface area contributed by atoms with E-state index in [0.29, 0.717) is 5.75 Å². The van der Waals surface area contributed by atoms with Crippen LogP contribution in [0.25, 0.3) is 0 Å². The van der Waals surface area contributed by atoms with Gasteiger partial charge in [-0.15, -0.1) is 0 Å². The highest BCUT2D eigenvalue weighted by molar-refractivity contribution is 9.10. The molecule has 2 N–H and O–H groups in total. The van der Waals surface area contributed by atoms with Crippen molar-refractivity contribution < 1.29 is 4.74 Å². The molecule has 18 heavy (non-hydrogen) atoms. The van der Waals surface area contributed by atoms with E-state index in [-0.39, 0.29) is 6.04 Å². The van der Waals surface area contributed by atoms with Crippen molar-refractivity contribution in [3.05, 3.63) is 52.3 Å². The summed E-state index contributed by atoms with van der Waals surface area (Å²) in [6.45, 7) is 3.91. The second-order valence-electron chi connectivity index (χ2n) is 4.22. The van der Waals surface area contributed by atoms with Crippen molar-refractivity contribution in [3.63, 3.8) is 0 Å². The van der Waals surface area contributed by atoms with Crippen LogP contribution in [0.15, 0.2) is 41.0 Å². The topological polar surface area (TPSA) is 48.1 Å². The zero-order valence-corrected chi connectivity index (χ0v) is 11.9. The summed E-state index contributed by atoms with van der Waals surface area (Å²) in [4.78, 5) is 4.26. The lowest BCUT2D eigenvalue weighted by Gasteiger charge is -2.10. The Morgan fingerprint density at radius 3 is 2.67 bits per heavy atom. The molecule has 0 amide bonds. The third-order valence-electron chi connectivity index (χ3n) is 2.60. The lowest BCUT2D eigenvalue weighted by Crippen LogP contribution is -2.06. The van der Waals surface area contributed by atoms with Gasteiger partial charge in [0.1, 0.15) is 11.5 Å². The van der Waals surface area contributed by atoms with Crippen LogP contribution in [0.4, 0.5) is 0 Å². The van der Waals surface area contributed by atoms with Gasteiger partial charge in [0.2, 0.25) is 0 Å². The normalized spacial score (nSPS) is 12.2. The van der Waals surface area contributed by atoms with Gasteiger partial charge in [-0.3, -0.25) is 4.98 Å². The molecule has 4 heteroatoms. The number of hydrogen-bond acceptors (Lipinski definition) is 3. The molecule has 0 fully saturated rings. The van der Waals surface area contributed by atoms with Crippen molar-refractivity contribution >= 4 is 15.9 Å². The molecule has 1 aromatic heterocycles. The molecule has 0 saturated carbocycles. The molecule has 1 aromatic carbocycles. The molecule has 0 aliphatic rings. The summed E-state index contributed by atoms with van der Waals surface area (Å²) in [5, 5.41) is 0. The maximum Gasteiger partial charge on any atom is 0.145 e. The average molecular weight is 307 g/mol. The highest BCUT2D eigenvalue weighted by Crippen LogP contribution is 2.27. The highest BCUT2D eigenvalue weighted by atomic mass is 79.9. The molecule has 1 atom stereocenters. The molecule has 0 unspecified atom stereocenters. The number of nitrogens with two attached hydrogens (primary N) is 1. The van der Waals surface area contributed by atoms with Crippen LogP contribution < -0.4 is 10.5 Å². The number of hydrogen-bond donors (Lipinski definition) is 1. The Kier molecular flexibility index (Phi) is 3.99. The predicted molar refractivity (Wildman–Crippen MR) is 75.8 cm³/mol. The molecule has 2 rings (SSSR count). The van der Waals surface area contributed by atoms with Crippen LogP contribution in [0.3, 0.4) is 0 Å². The molecule has 0 spiro atoms. The number of halogens is 1.